The maximum Gasteiger partial charge on any atom is 0.410 e. The van der Waals surface area contributed by atoms with Crippen molar-refractivity contribution in [2.24, 2.45) is 0 Å². The molecule has 0 spiro atoms. The van der Waals surface area contributed by atoms with Gasteiger partial charge in [0.25, 0.3) is 0 Å². The number of hydrogen-bond acceptors (Lipinski definition) is 4. The van der Waals surface area contributed by atoms with E-state index in [0.717, 1.165) is 12.0 Å². The Labute approximate surface area is 142 Å². The van der Waals surface area contributed by atoms with Gasteiger partial charge < -0.3 is 9.47 Å². The number of halogens is 1. The summed E-state index contributed by atoms with van der Waals surface area (Å²) < 4.78 is 10.2. The highest BCUT2D eigenvalue weighted by Crippen LogP contribution is 2.16. The molecule has 0 N–H and O–H groups in total. The van der Waals surface area contributed by atoms with Crippen molar-refractivity contribution in [3.05, 3.63) is 34.9 Å². The maximum absolute atomic E-state index is 12.3. The lowest BCUT2D eigenvalue weighted by molar-refractivity contribution is -0.149. The van der Waals surface area contributed by atoms with E-state index in [4.69, 9.17) is 21.1 Å². The van der Waals surface area contributed by atoms with E-state index in [1.165, 1.54) is 4.90 Å². The van der Waals surface area contributed by atoms with Crippen LogP contribution < -0.4 is 0 Å². The molecule has 1 aromatic carbocycles. The van der Waals surface area contributed by atoms with Gasteiger partial charge in [0.2, 0.25) is 0 Å². The number of esters is 1. The van der Waals surface area contributed by atoms with Gasteiger partial charge in [-0.05, 0) is 38.0 Å². The van der Waals surface area contributed by atoms with Gasteiger partial charge in [0.05, 0.1) is 13.2 Å². The molecule has 0 aliphatic rings. The zero-order valence-electron chi connectivity index (χ0n) is 13.9. The Hall–Kier alpha value is -1.75. The minimum absolute atomic E-state index is 0.259. The number of carbonyl (C=O) groups excluding carboxylic acids is 2. The molecule has 0 aliphatic heterocycles. The first-order valence-corrected chi connectivity index (χ1v) is 8.25. The molecule has 5 nitrogen and oxygen atoms in total. The molecule has 23 heavy (non-hydrogen) atoms. The smallest absolute Gasteiger partial charge is 0.410 e. The lowest BCUT2D eigenvalue weighted by Crippen LogP contribution is -2.47. The summed E-state index contributed by atoms with van der Waals surface area (Å²) >= 11 is 5.89. The van der Waals surface area contributed by atoms with Gasteiger partial charge in [-0.1, -0.05) is 30.7 Å². The monoisotopic (exact) mass is 341 g/mol. The first kappa shape index (κ1) is 19.3. The van der Waals surface area contributed by atoms with Crippen molar-refractivity contribution >= 4 is 23.7 Å². The van der Waals surface area contributed by atoms with E-state index in [1.807, 2.05) is 19.1 Å². The molecular formula is C17H24ClNO4. The van der Waals surface area contributed by atoms with Crippen LogP contribution in [0.1, 0.15) is 32.8 Å². The molecule has 0 radical (unpaired) electrons. The van der Waals surface area contributed by atoms with E-state index in [1.54, 1.807) is 26.0 Å². The number of carbonyl (C=O) groups is 2. The summed E-state index contributed by atoms with van der Waals surface area (Å²) in [7, 11) is 0. The van der Waals surface area contributed by atoms with Gasteiger partial charge in [-0.3, -0.25) is 4.90 Å². The maximum atomic E-state index is 12.3. The highest BCUT2D eigenvalue weighted by molar-refractivity contribution is 6.30. The third kappa shape index (κ3) is 6.10. The predicted octanol–water partition coefficient (Wildman–Crippen LogP) is 3.68. The molecule has 1 unspecified atom stereocenters. The van der Waals surface area contributed by atoms with Gasteiger partial charge in [0.15, 0.2) is 0 Å². The van der Waals surface area contributed by atoms with Crippen molar-refractivity contribution in [3.63, 3.8) is 0 Å². The Morgan fingerprint density at radius 3 is 2.22 bits per heavy atom. The minimum Gasteiger partial charge on any atom is -0.464 e. The Bertz CT molecular complexity index is 504. The zero-order chi connectivity index (χ0) is 17.2. The number of benzene rings is 1. The molecule has 0 fully saturated rings. The van der Waals surface area contributed by atoms with Gasteiger partial charge in [0.1, 0.15) is 6.04 Å². The Morgan fingerprint density at radius 1 is 1.09 bits per heavy atom. The summed E-state index contributed by atoms with van der Waals surface area (Å²) in [6.45, 7) is 6.37. The van der Waals surface area contributed by atoms with Crippen LogP contribution in [0.15, 0.2) is 24.3 Å². The quantitative estimate of drug-likeness (QED) is 0.677. The molecule has 0 heterocycles. The van der Waals surface area contributed by atoms with Gasteiger partial charge in [0, 0.05) is 18.0 Å². The van der Waals surface area contributed by atoms with Crippen LogP contribution in [0, 0.1) is 0 Å². The van der Waals surface area contributed by atoms with Crippen LogP contribution in [0.2, 0.25) is 5.02 Å². The molecule has 1 amide bonds. The Balaban J connectivity index is 3.02. The van der Waals surface area contributed by atoms with E-state index in [-0.39, 0.29) is 13.2 Å². The summed E-state index contributed by atoms with van der Waals surface area (Å²) in [4.78, 5) is 26.0. The lowest BCUT2D eigenvalue weighted by Gasteiger charge is -2.29. The van der Waals surface area contributed by atoms with Crippen molar-refractivity contribution in [1.82, 2.24) is 4.90 Å². The van der Waals surface area contributed by atoms with Crippen LogP contribution in [0.25, 0.3) is 0 Å². The predicted molar refractivity (Wildman–Crippen MR) is 89.6 cm³/mol. The second kappa shape index (κ2) is 10.1. The van der Waals surface area contributed by atoms with Gasteiger partial charge in [-0.15, -0.1) is 0 Å². The molecular weight excluding hydrogens is 318 g/mol. The van der Waals surface area contributed by atoms with Gasteiger partial charge in [-0.25, -0.2) is 9.59 Å². The second-order valence-corrected chi connectivity index (χ2v) is 5.43. The number of ether oxygens (including phenoxy) is 2. The lowest BCUT2D eigenvalue weighted by atomic mass is 10.0. The van der Waals surface area contributed by atoms with Gasteiger partial charge in [-0.2, -0.15) is 0 Å². The second-order valence-electron chi connectivity index (χ2n) is 4.99. The van der Waals surface area contributed by atoms with Crippen molar-refractivity contribution in [1.29, 1.82) is 0 Å². The summed E-state index contributed by atoms with van der Waals surface area (Å²) in [6, 6.07) is 6.48. The van der Waals surface area contributed by atoms with Crippen molar-refractivity contribution in [2.45, 2.75) is 39.7 Å². The van der Waals surface area contributed by atoms with E-state index in [9.17, 15) is 9.59 Å². The first-order chi connectivity index (χ1) is 11.0. The first-order valence-electron chi connectivity index (χ1n) is 7.87. The fourth-order valence-corrected chi connectivity index (χ4v) is 2.35. The topological polar surface area (TPSA) is 55.8 Å². The van der Waals surface area contributed by atoms with Crippen LogP contribution in [-0.2, 0) is 20.7 Å². The van der Waals surface area contributed by atoms with E-state index >= 15 is 0 Å². The molecule has 0 bridgehead atoms. The standard InChI is InChI=1S/C17H24ClNO4/c1-4-11-19(17(21)23-6-3)15(16(20)22-5-2)12-13-7-9-14(18)10-8-13/h7-10,15H,4-6,11-12H2,1-3H3. The van der Waals surface area contributed by atoms with Crippen LogP contribution in [-0.4, -0.2) is 42.8 Å². The number of amides is 1. The van der Waals surface area contributed by atoms with Crippen LogP contribution in [0.3, 0.4) is 0 Å². The largest absolute Gasteiger partial charge is 0.464 e. The molecule has 0 saturated heterocycles. The Kier molecular flexibility index (Phi) is 8.48. The van der Waals surface area contributed by atoms with Crippen molar-refractivity contribution < 1.29 is 19.1 Å². The van der Waals surface area contributed by atoms with Crippen LogP contribution >= 0.6 is 11.6 Å². The SMILES string of the molecule is CCCN(C(=O)OCC)C(Cc1ccc(Cl)cc1)C(=O)OCC. The van der Waals surface area contributed by atoms with E-state index in [0.29, 0.717) is 18.0 Å². The van der Waals surface area contributed by atoms with Gasteiger partial charge >= 0.3 is 12.1 Å². The molecule has 1 rings (SSSR count). The van der Waals surface area contributed by atoms with Crippen molar-refractivity contribution in [3.8, 4) is 0 Å². The van der Waals surface area contributed by atoms with E-state index < -0.39 is 18.1 Å². The fourth-order valence-electron chi connectivity index (χ4n) is 2.22. The molecule has 0 aromatic heterocycles. The molecule has 128 valence electrons. The van der Waals surface area contributed by atoms with Crippen LogP contribution in [0.5, 0.6) is 0 Å². The fraction of sp³-hybridized carbons (Fsp3) is 0.529. The Morgan fingerprint density at radius 2 is 1.70 bits per heavy atom. The molecule has 6 heteroatoms. The van der Waals surface area contributed by atoms with Crippen molar-refractivity contribution in [2.75, 3.05) is 19.8 Å². The average molecular weight is 342 g/mol. The number of nitrogens with zero attached hydrogens (tertiary/aromatic N) is 1. The molecule has 1 aromatic rings. The van der Waals surface area contributed by atoms with E-state index in [2.05, 4.69) is 0 Å². The third-order valence-corrected chi connectivity index (χ3v) is 3.50. The summed E-state index contributed by atoms with van der Waals surface area (Å²) in [6.07, 6.45) is 0.575. The highest BCUT2D eigenvalue weighted by atomic mass is 35.5. The number of hydrogen-bond donors (Lipinski definition) is 0. The molecule has 0 saturated carbocycles. The normalized spacial score (nSPS) is 11.7. The number of rotatable bonds is 8. The average Bonchev–Trinajstić information content (AvgIpc) is 2.53. The highest BCUT2D eigenvalue weighted by Gasteiger charge is 2.31. The minimum atomic E-state index is -0.713. The molecule has 1 atom stereocenters. The summed E-state index contributed by atoms with van der Waals surface area (Å²) in [5.41, 5.74) is 0.901. The third-order valence-electron chi connectivity index (χ3n) is 3.24. The van der Waals surface area contributed by atoms with Crippen LogP contribution in [0.4, 0.5) is 4.79 Å². The zero-order valence-corrected chi connectivity index (χ0v) is 14.6. The molecule has 0 aliphatic carbocycles. The summed E-state index contributed by atoms with van der Waals surface area (Å²) in [5, 5.41) is 0.622. The summed E-state index contributed by atoms with van der Waals surface area (Å²) in [5.74, 6) is -0.427.